The van der Waals surface area contributed by atoms with E-state index in [9.17, 15) is 4.79 Å². The summed E-state index contributed by atoms with van der Waals surface area (Å²) in [6, 6.07) is 8.49. The van der Waals surface area contributed by atoms with Crippen LogP contribution in [-0.2, 0) is 11.2 Å². The van der Waals surface area contributed by atoms with Crippen LogP contribution in [0.25, 0.3) is 0 Å². The highest BCUT2D eigenvalue weighted by atomic mass is 16.2. The first-order chi connectivity index (χ1) is 8.76. The zero-order valence-corrected chi connectivity index (χ0v) is 11.3. The first-order valence-electron chi connectivity index (χ1n) is 6.87. The van der Waals surface area contributed by atoms with Crippen LogP contribution in [0.2, 0.25) is 0 Å². The van der Waals surface area contributed by atoms with Gasteiger partial charge in [0, 0.05) is 18.3 Å². The van der Waals surface area contributed by atoms with E-state index in [0.717, 1.165) is 37.2 Å². The minimum atomic E-state index is 0.230. The topological polar surface area (TPSA) is 32.3 Å². The summed E-state index contributed by atoms with van der Waals surface area (Å²) in [5.41, 5.74) is 2.26. The molecule has 18 heavy (non-hydrogen) atoms. The number of para-hydroxylation sites is 1. The second-order valence-corrected chi connectivity index (χ2v) is 4.87. The molecule has 0 saturated heterocycles. The van der Waals surface area contributed by atoms with Gasteiger partial charge in [0.2, 0.25) is 5.91 Å². The van der Waals surface area contributed by atoms with Crippen molar-refractivity contribution in [1.29, 1.82) is 0 Å². The van der Waals surface area contributed by atoms with Gasteiger partial charge in [0.25, 0.3) is 0 Å². The average molecular weight is 246 g/mol. The maximum atomic E-state index is 12.1. The van der Waals surface area contributed by atoms with E-state index in [1.807, 2.05) is 29.2 Å². The smallest absolute Gasteiger partial charge is 0.231 e. The highest BCUT2D eigenvalue weighted by Crippen LogP contribution is 2.28. The monoisotopic (exact) mass is 246 g/mol. The van der Waals surface area contributed by atoms with Crippen LogP contribution >= 0.6 is 0 Å². The van der Waals surface area contributed by atoms with Gasteiger partial charge < -0.3 is 10.2 Å². The predicted octanol–water partition coefficient (Wildman–Crippen LogP) is 2.35. The molecule has 0 radical (unpaired) electrons. The Kier molecular flexibility index (Phi) is 4.37. The molecule has 1 atom stereocenters. The molecule has 98 valence electrons. The summed E-state index contributed by atoms with van der Waals surface area (Å²) >= 11 is 0. The zero-order chi connectivity index (χ0) is 13.0. The van der Waals surface area contributed by atoms with Crippen molar-refractivity contribution in [3.05, 3.63) is 29.8 Å². The predicted molar refractivity (Wildman–Crippen MR) is 74.9 cm³/mol. The largest absolute Gasteiger partial charge is 0.312 e. The van der Waals surface area contributed by atoms with Gasteiger partial charge in [-0.15, -0.1) is 0 Å². The summed E-state index contributed by atoms with van der Waals surface area (Å²) in [7, 11) is 0. The van der Waals surface area contributed by atoms with E-state index in [4.69, 9.17) is 0 Å². The molecule has 1 aliphatic heterocycles. The number of benzene rings is 1. The Morgan fingerprint density at radius 3 is 2.83 bits per heavy atom. The van der Waals surface area contributed by atoms with Crippen LogP contribution in [0.1, 0.15) is 32.3 Å². The second kappa shape index (κ2) is 6.01. The molecule has 1 amide bonds. The van der Waals surface area contributed by atoms with Gasteiger partial charge in [-0.2, -0.15) is 0 Å². The number of anilines is 1. The molecule has 3 nitrogen and oxygen atoms in total. The zero-order valence-electron chi connectivity index (χ0n) is 11.3. The number of fused-ring (bicyclic) bond motifs is 1. The van der Waals surface area contributed by atoms with Crippen LogP contribution in [-0.4, -0.2) is 25.0 Å². The molecule has 1 heterocycles. The summed E-state index contributed by atoms with van der Waals surface area (Å²) in [6.45, 7) is 6.13. The maximum Gasteiger partial charge on any atom is 0.231 e. The van der Waals surface area contributed by atoms with Crippen LogP contribution in [0, 0.1) is 0 Å². The highest BCUT2D eigenvalue weighted by Gasteiger charge is 2.28. The Balaban J connectivity index is 2.06. The molecule has 0 aliphatic carbocycles. The molecule has 1 aromatic rings. The lowest BCUT2D eigenvalue weighted by atomic mass is 10.1. The normalized spacial score (nSPS) is 15.9. The molecule has 2 rings (SSSR count). The summed E-state index contributed by atoms with van der Waals surface area (Å²) in [4.78, 5) is 14.0. The van der Waals surface area contributed by atoms with Gasteiger partial charge in [0.05, 0.1) is 6.42 Å². The first-order valence-corrected chi connectivity index (χ1v) is 6.87. The van der Waals surface area contributed by atoms with Crippen LogP contribution in [0.4, 0.5) is 5.69 Å². The summed E-state index contributed by atoms with van der Waals surface area (Å²) < 4.78 is 0. The summed E-state index contributed by atoms with van der Waals surface area (Å²) in [6.07, 6.45) is 2.73. The summed E-state index contributed by atoms with van der Waals surface area (Å²) in [5, 5.41) is 3.50. The molecule has 0 aromatic heterocycles. The third-order valence-electron chi connectivity index (χ3n) is 3.50. The Hall–Kier alpha value is -1.35. The lowest BCUT2D eigenvalue weighted by Crippen LogP contribution is -2.42. The van der Waals surface area contributed by atoms with Gasteiger partial charge in [0.15, 0.2) is 0 Å². The molecule has 1 aliphatic rings. The van der Waals surface area contributed by atoms with Crippen molar-refractivity contribution in [2.45, 2.75) is 39.2 Å². The van der Waals surface area contributed by atoms with Gasteiger partial charge in [-0.05, 0) is 31.0 Å². The Bertz CT molecular complexity index is 417. The Morgan fingerprint density at radius 2 is 2.11 bits per heavy atom. The van der Waals surface area contributed by atoms with Crippen LogP contribution in [0.15, 0.2) is 24.3 Å². The van der Waals surface area contributed by atoms with Gasteiger partial charge in [-0.3, -0.25) is 4.79 Å². The van der Waals surface area contributed by atoms with Crippen molar-refractivity contribution in [2.75, 3.05) is 18.0 Å². The molecule has 1 unspecified atom stereocenters. The van der Waals surface area contributed by atoms with E-state index in [-0.39, 0.29) is 5.91 Å². The van der Waals surface area contributed by atoms with E-state index in [1.165, 1.54) is 0 Å². The maximum absolute atomic E-state index is 12.1. The van der Waals surface area contributed by atoms with E-state index in [0.29, 0.717) is 12.5 Å². The van der Waals surface area contributed by atoms with Crippen LogP contribution in [0.5, 0.6) is 0 Å². The van der Waals surface area contributed by atoms with Crippen LogP contribution < -0.4 is 10.2 Å². The molecule has 3 heteroatoms. The van der Waals surface area contributed by atoms with Crippen molar-refractivity contribution < 1.29 is 4.79 Å². The number of nitrogens with one attached hydrogen (secondary N) is 1. The lowest BCUT2D eigenvalue weighted by molar-refractivity contribution is -0.117. The molecule has 0 saturated carbocycles. The molecule has 1 aromatic carbocycles. The fraction of sp³-hybridized carbons (Fsp3) is 0.533. The fourth-order valence-electron chi connectivity index (χ4n) is 2.42. The molecular formula is C15H22N2O. The first kappa shape index (κ1) is 13.1. The number of carbonyl (C=O) groups is 1. The Labute approximate surface area is 109 Å². The third-order valence-corrected chi connectivity index (χ3v) is 3.50. The SMILES string of the molecule is CCCNC(CC)CN1C(=O)Cc2ccccc21. The van der Waals surface area contributed by atoms with Crippen molar-refractivity contribution >= 4 is 11.6 Å². The van der Waals surface area contributed by atoms with Crippen molar-refractivity contribution in [1.82, 2.24) is 5.32 Å². The Morgan fingerprint density at radius 1 is 1.33 bits per heavy atom. The minimum absolute atomic E-state index is 0.230. The van der Waals surface area contributed by atoms with Gasteiger partial charge in [-0.25, -0.2) is 0 Å². The number of carbonyl (C=O) groups excluding carboxylic acids is 1. The van der Waals surface area contributed by atoms with E-state index in [2.05, 4.69) is 19.2 Å². The second-order valence-electron chi connectivity index (χ2n) is 4.87. The molecular weight excluding hydrogens is 224 g/mol. The molecule has 0 bridgehead atoms. The van der Waals surface area contributed by atoms with Gasteiger partial charge in [0.1, 0.15) is 0 Å². The highest BCUT2D eigenvalue weighted by molar-refractivity contribution is 6.01. The van der Waals surface area contributed by atoms with E-state index in [1.54, 1.807) is 0 Å². The fourth-order valence-corrected chi connectivity index (χ4v) is 2.42. The van der Waals surface area contributed by atoms with Crippen molar-refractivity contribution in [3.63, 3.8) is 0 Å². The van der Waals surface area contributed by atoms with Crippen LogP contribution in [0.3, 0.4) is 0 Å². The molecule has 1 N–H and O–H groups in total. The van der Waals surface area contributed by atoms with E-state index < -0.39 is 0 Å². The van der Waals surface area contributed by atoms with E-state index >= 15 is 0 Å². The minimum Gasteiger partial charge on any atom is -0.312 e. The van der Waals surface area contributed by atoms with Crippen molar-refractivity contribution in [2.24, 2.45) is 0 Å². The molecule has 0 fully saturated rings. The third kappa shape index (κ3) is 2.72. The number of rotatable bonds is 6. The number of hydrogen-bond acceptors (Lipinski definition) is 2. The summed E-state index contributed by atoms with van der Waals surface area (Å²) in [5.74, 6) is 0.230. The number of amides is 1. The number of nitrogens with zero attached hydrogens (tertiary/aromatic N) is 1. The molecule has 0 spiro atoms. The lowest BCUT2D eigenvalue weighted by Gasteiger charge is -2.24. The quantitative estimate of drug-likeness (QED) is 0.835. The number of hydrogen-bond donors (Lipinski definition) is 1. The van der Waals surface area contributed by atoms with Gasteiger partial charge in [-0.1, -0.05) is 32.0 Å². The average Bonchev–Trinajstić information content (AvgIpc) is 2.70. The standard InChI is InChI=1S/C15H22N2O/c1-3-9-16-13(4-2)11-17-14-8-6-5-7-12(14)10-15(17)18/h5-8,13,16H,3-4,9-11H2,1-2H3. The van der Waals surface area contributed by atoms with Gasteiger partial charge >= 0.3 is 0 Å². The van der Waals surface area contributed by atoms with Crippen molar-refractivity contribution in [3.8, 4) is 0 Å².